The second-order valence-corrected chi connectivity index (χ2v) is 13.0. The van der Waals surface area contributed by atoms with Crippen LogP contribution in [0.4, 0.5) is 5.95 Å². The van der Waals surface area contributed by atoms with Crippen molar-refractivity contribution in [1.82, 2.24) is 29.0 Å². The summed E-state index contributed by atoms with van der Waals surface area (Å²) in [5, 5.41) is 4.63. The maximum absolute atomic E-state index is 12.9. The molecule has 0 saturated carbocycles. The smallest absolute Gasteiger partial charge is 0.262 e. The SMILES string of the molecule is CN(C)S(=O)(=O)c1ccc(-c2[nH]c3nc(N)[nH]c(=O)c3c2-c2cnn(C3CCS(=O)(=O)C3)c2)cc1. The van der Waals surface area contributed by atoms with Crippen molar-refractivity contribution in [2.75, 3.05) is 31.3 Å². The Morgan fingerprint density at radius 1 is 1.14 bits per heavy atom. The molecule has 0 radical (unpaired) electrons. The lowest BCUT2D eigenvalue weighted by molar-refractivity contribution is 0.500. The van der Waals surface area contributed by atoms with Gasteiger partial charge in [0.25, 0.3) is 5.56 Å². The van der Waals surface area contributed by atoms with E-state index in [1.807, 2.05) is 0 Å². The predicted molar refractivity (Wildman–Crippen MR) is 131 cm³/mol. The van der Waals surface area contributed by atoms with E-state index in [2.05, 4.69) is 20.1 Å². The minimum absolute atomic E-state index is 0.00927. The molecular weight excluding hydrogens is 494 g/mol. The summed E-state index contributed by atoms with van der Waals surface area (Å²) >= 11 is 0. The van der Waals surface area contributed by atoms with Gasteiger partial charge in [-0.3, -0.25) is 14.5 Å². The van der Waals surface area contributed by atoms with Gasteiger partial charge >= 0.3 is 0 Å². The third-order valence-electron chi connectivity index (χ3n) is 6.08. The minimum Gasteiger partial charge on any atom is -0.369 e. The highest BCUT2D eigenvalue weighted by Gasteiger charge is 2.30. The second kappa shape index (κ2) is 8.03. The van der Waals surface area contributed by atoms with Crippen molar-refractivity contribution in [2.45, 2.75) is 17.4 Å². The summed E-state index contributed by atoms with van der Waals surface area (Å²) in [6.45, 7) is 0. The van der Waals surface area contributed by atoms with Crippen LogP contribution in [0, 0.1) is 0 Å². The van der Waals surface area contributed by atoms with Gasteiger partial charge in [0.1, 0.15) is 5.65 Å². The first-order valence-corrected chi connectivity index (χ1v) is 13.9. The van der Waals surface area contributed by atoms with Crippen molar-refractivity contribution in [2.24, 2.45) is 0 Å². The van der Waals surface area contributed by atoms with Crippen molar-refractivity contribution in [3.63, 3.8) is 0 Å². The molecule has 0 bridgehead atoms. The second-order valence-electron chi connectivity index (χ2n) is 8.63. The van der Waals surface area contributed by atoms with Crippen LogP contribution in [0.15, 0.2) is 46.3 Å². The zero-order valence-corrected chi connectivity index (χ0v) is 20.5. The number of nitrogens with zero attached hydrogens (tertiary/aromatic N) is 4. The molecule has 3 aromatic heterocycles. The number of nitrogen functional groups attached to an aromatic ring is 1. The predicted octanol–water partition coefficient (Wildman–Crippen LogP) is 0.974. The number of H-pyrrole nitrogens is 2. The molecule has 35 heavy (non-hydrogen) atoms. The van der Waals surface area contributed by atoms with Gasteiger partial charge in [-0.15, -0.1) is 0 Å². The molecule has 0 aliphatic carbocycles. The number of sulfone groups is 1. The van der Waals surface area contributed by atoms with Crippen LogP contribution in [0.3, 0.4) is 0 Å². The van der Waals surface area contributed by atoms with E-state index in [0.717, 1.165) is 4.31 Å². The third-order valence-corrected chi connectivity index (χ3v) is 9.66. The first kappa shape index (κ1) is 23.3. The van der Waals surface area contributed by atoms with E-state index in [1.165, 1.54) is 26.2 Å². The fourth-order valence-corrected chi connectivity index (χ4v) is 6.88. The van der Waals surface area contributed by atoms with Crippen molar-refractivity contribution in [3.8, 4) is 22.4 Å². The van der Waals surface area contributed by atoms with Gasteiger partial charge in [-0.2, -0.15) is 10.1 Å². The van der Waals surface area contributed by atoms with Crippen LogP contribution in [0.25, 0.3) is 33.4 Å². The molecule has 0 spiro atoms. The van der Waals surface area contributed by atoms with E-state index >= 15 is 0 Å². The third kappa shape index (κ3) is 4.02. The molecule has 1 atom stereocenters. The minimum atomic E-state index is -3.61. The number of benzene rings is 1. The molecule has 1 saturated heterocycles. The number of anilines is 1. The monoisotopic (exact) mass is 517 g/mol. The van der Waals surface area contributed by atoms with Gasteiger partial charge in [-0.1, -0.05) is 12.1 Å². The van der Waals surface area contributed by atoms with E-state index in [1.54, 1.807) is 29.2 Å². The van der Waals surface area contributed by atoms with Gasteiger partial charge in [-0.25, -0.2) is 21.1 Å². The Kier molecular flexibility index (Phi) is 5.34. The number of fused-ring (bicyclic) bond motifs is 1. The van der Waals surface area contributed by atoms with Crippen LogP contribution in [0.2, 0.25) is 0 Å². The zero-order chi connectivity index (χ0) is 25.1. The Balaban J connectivity index is 1.67. The molecule has 4 heterocycles. The van der Waals surface area contributed by atoms with Crippen molar-refractivity contribution in [3.05, 3.63) is 47.0 Å². The van der Waals surface area contributed by atoms with Gasteiger partial charge in [0.2, 0.25) is 16.0 Å². The molecule has 1 aliphatic rings. The molecule has 1 unspecified atom stereocenters. The summed E-state index contributed by atoms with van der Waals surface area (Å²) in [6.07, 6.45) is 3.74. The van der Waals surface area contributed by atoms with Gasteiger partial charge < -0.3 is 10.7 Å². The standard InChI is InChI=1S/C21H23N7O5S2/c1-27(2)35(32,33)15-5-3-12(4-6-15)18-16(17-19(24-18)25-21(22)26-20(17)29)13-9-23-28(10-13)14-7-8-34(30,31)11-14/h3-6,9-10,14H,7-8,11H2,1-2H3,(H4,22,24,25,26,29). The number of nitrogens with two attached hydrogens (primary N) is 1. The van der Waals surface area contributed by atoms with Gasteiger partial charge in [-0.05, 0) is 24.1 Å². The molecule has 4 N–H and O–H groups in total. The highest BCUT2D eigenvalue weighted by molar-refractivity contribution is 7.91. The quantitative estimate of drug-likeness (QED) is 0.351. The molecule has 12 nitrogen and oxygen atoms in total. The van der Waals surface area contributed by atoms with Crippen LogP contribution in [-0.4, -0.2) is 71.5 Å². The summed E-state index contributed by atoms with van der Waals surface area (Å²) in [5.41, 5.74) is 7.77. The number of rotatable bonds is 5. The Labute approximate surface area is 200 Å². The highest BCUT2D eigenvalue weighted by atomic mass is 32.2. The highest BCUT2D eigenvalue weighted by Crippen LogP contribution is 2.37. The summed E-state index contributed by atoms with van der Waals surface area (Å²) < 4.78 is 51.5. The maximum atomic E-state index is 12.9. The van der Waals surface area contributed by atoms with Gasteiger partial charge in [0.15, 0.2) is 9.84 Å². The van der Waals surface area contributed by atoms with Gasteiger partial charge in [0.05, 0.1) is 39.7 Å². The molecule has 184 valence electrons. The Morgan fingerprint density at radius 3 is 2.49 bits per heavy atom. The van der Waals surface area contributed by atoms with Crippen LogP contribution in [0.1, 0.15) is 12.5 Å². The lowest BCUT2D eigenvalue weighted by atomic mass is 10.0. The zero-order valence-electron chi connectivity index (χ0n) is 18.9. The normalized spacial score (nSPS) is 18.0. The Hall–Kier alpha value is -3.49. The van der Waals surface area contributed by atoms with Crippen LogP contribution in [-0.2, 0) is 19.9 Å². The number of aromatic amines is 2. The van der Waals surface area contributed by atoms with E-state index in [4.69, 9.17) is 5.73 Å². The first-order chi connectivity index (χ1) is 16.5. The summed E-state index contributed by atoms with van der Waals surface area (Å²) in [4.78, 5) is 22.8. The number of hydrogen-bond donors (Lipinski definition) is 3. The Bertz CT molecular complexity index is 1720. The van der Waals surface area contributed by atoms with E-state index in [0.29, 0.717) is 28.8 Å². The average molecular weight is 518 g/mol. The number of nitrogens with one attached hydrogen (secondary N) is 2. The fourth-order valence-electron chi connectivity index (χ4n) is 4.28. The number of aromatic nitrogens is 5. The van der Waals surface area contributed by atoms with Gasteiger partial charge in [0, 0.05) is 31.4 Å². The lowest BCUT2D eigenvalue weighted by Crippen LogP contribution is -2.22. The van der Waals surface area contributed by atoms with Crippen LogP contribution >= 0.6 is 0 Å². The maximum Gasteiger partial charge on any atom is 0.262 e. The van der Waals surface area contributed by atoms with Crippen molar-refractivity contribution >= 4 is 36.8 Å². The summed E-state index contributed by atoms with van der Waals surface area (Å²) in [7, 11) is -3.81. The molecule has 14 heteroatoms. The first-order valence-electron chi connectivity index (χ1n) is 10.7. The van der Waals surface area contributed by atoms with Crippen molar-refractivity contribution in [1.29, 1.82) is 0 Å². The van der Waals surface area contributed by atoms with Crippen molar-refractivity contribution < 1.29 is 16.8 Å². The molecular formula is C21H23N7O5S2. The molecule has 1 aliphatic heterocycles. The average Bonchev–Trinajstić information content (AvgIpc) is 3.49. The Morgan fingerprint density at radius 2 is 1.86 bits per heavy atom. The molecule has 0 amide bonds. The van der Waals surface area contributed by atoms with E-state index in [9.17, 15) is 21.6 Å². The number of hydrogen-bond acceptors (Lipinski definition) is 8. The van der Waals surface area contributed by atoms with E-state index < -0.39 is 25.4 Å². The molecule has 5 rings (SSSR count). The molecule has 4 aromatic rings. The molecule has 1 aromatic carbocycles. The topological polar surface area (TPSA) is 177 Å². The summed E-state index contributed by atoms with van der Waals surface area (Å²) in [6, 6.07) is 5.95. The number of sulfonamides is 1. The van der Waals surface area contributed by atoms with E-state index in [-0.39, 0.29) is 39.4 Å². The molecule has 1 fully saturated rings. The largest absolute Gasteiger partial charge is 0.369 e. The van der Waals surface area contributed by atoms with Crippen LogP contribution in [0.5, 0.6) is 0 Å². The fraction of sp³-hybridized carbons (Fsp3) is 0.286. The van der Waals surface area contributed by atoms with Crippen LogP contribution < -0.4 is 11.3 Å². The lowest BCUT2D eigenvalue weighted by Gasteiger charge is -2.12. The summed E-state index contributed by atoms with van der Waals surface area (Å²) in [5.74, 6) is 0.0622.